The molecule has 1 atom stereocenters. The first-order valence-electron chi connectivity index (χ1n) is 7.85. The fraction of sp³-hybridized carbons (Fsp3) is 0.471. The van der Waals surface area contributed by atoms with E-state index in [0.717, 1.165) is 19.5 Å². The number of nitrogens with zero attached hydrogens (tertiary/aromatic N) is 1. The van der Waals surface area contributed by atoms with E-state index in [-0.39, 0.29) is 5.97 Å². The van der Waals surface area contributed by atoms with Crippen LogP contribution in [0.2, 0.25) is 0 Å². The SMILES string of the molecule is CCOC(=O)c1ccc2c(c1)c1c3n2CCNC3CCC1. The van der Waals surface area contributed by atoms with Crippen molar-refractivity contribution in [3.05, 3.63) is 35.0 Å². The molecule has 1 aromatic heterocycles. The van der Waals surface area contributed by atoms with Crippen LogP contribution in [0.25, 0.3) is 10.9 Å². The zero-order valence-electron chi connectivity index (χ0n) is 12.3. The second kappa shape index (κ2) is 4.88. The lowest BCUT2D eigenvalue weighted by Gasteiger charge is -2.31. The fourth-order valence-corrected chi connectivity index (χ4v) is 3.86. The number of fused-ring (bicyclic) bond motifs is 3. The van der Waals surface area contributed by atoms with Crippen LogP contribution < -0.4 is 5.32 Å². The molecular formula is C17H20N2O2. The minimum absolute atomic E-state index is 0.221. The average molecular weight is 284 g/mol. The zero-order valence-corrected chi connectivity index (χ0v) is 12.3. The first-order valence-corrected chi connectivity index (χ1v) is 7.85. The number of benzene rings is 1. The molecule has 2 aromatic rings. The van der Waals surface area contributed by atoms with Gasteiger partial charge in [-0.3, -0.25) is 0 Å². The summed E-state index contributed by atoms with van der Waals surface area (Å²) in [5.74, 6) is -0.221. The maximum atomic E-state index is 12.0. The molecule has 21 heavy (non-hydrogen) atoms. The first kappa shape index (κ1) is 12.9. The van der Waals surface area contributed by atoms with Crippen molar-refractivity contribution in [2.75, 3.05) is 13.2 Å². The van der Waals surface area contributed by atoms with Crippen molar-refractivity contribution in [3.63, 3.8) is 0 Å². The molecule has 0 saturated carbocycles. The Morgan fingerprint density at radius 2 is 2.38 bits per heavy atom. The number of carbonyl (C=O) groups is 1. The molecule has 4 nitrogen and oxygen atoms in total. The van der Waals surface area contributed by atoms with Gasteiger partial charge in [0.2, 0.25) is 0 Å². The van der Waals surface area contributed by atoms with Crippen molar-refractivity contribution in [2.24, 2.45) is 0 Å². The number of hydrogen-bond donors (Lipinski definition) is 1. The maximum absolute atomic E-state index is 12.0. The van der Waals surface area contributed by atoms with Gasteiger partial charge in [-0.15, -0.1) is 0 Å². The number of rotatable bonds is 2. The second-order valence-corrected chi connectivity index (χ2v) is 5.87. The predicted octanol–water partition coefficient (Wildman–Crippen LogP) is 2.80. The molecule has 110 valence electrons. The molecule has 4 rings (SSSR count). The van der Waals surface area contributed by atoms with Crippen LogP contribution in [0.4, 0.5) is 0 Å². The van der Waals surface area contributed by atoms with Crippen molar-refractivity contribution in [1.82, 2.24) is 9.88 Å². The van der Waals surface area contributed by atoms with Crippen LogP contribution in [0.3, 0.4) is 0 Å². The molecule has 0 fully saturated rings. The van der Waals surface area contributed by atoms with Gasteiger partial charge in [0.05, 0.1) is 12.2 Å². The van der Waals surface area contributed by atoms with E-state index in [2.05, 4.69) is 16.0 Å². The highest BCUT2D eigenvalue weighted by Crippen LogP contribution is 2.39. The molecule has 1 unspecified atom stereocenters. The Morgan fingerprint density at radius 3 is 3.24 bits per heavy atom. The van der Waals surface area contributed by atoms with E-state index in [1.54, 1.807) is 0 Å². The van der Waals surface area contributed by atoms with E-state index in [1.165, 1.54) is 35.0 Å². The number of aryl methyl sites for hydroxylation is 1. The quantitative estimate of drug-likeness (QED) is 0.862. The Labute approximate surface area is 124 Å². The summed E-state index contributed by atoms with van der Waals surface area (Å²) in [7, 11) is 0. The standard InChI is InChI=1S/C17H20N2O2/c1-2-21-17(20)11-6-7-15-13(10-11)12-4-3-5-14-16(12)19(15)9-8-18-14/h6-7,10,14,18H,2-5,8-9H2,1H3. The topological polar surface area (TPSA) is 43.3 Å². The molecule has 0 spiro atoms. The van der Waals surface area contributed by atoms with Crippen molar-refractivity contribution in [2.45, 2.75) is 38.8 Å². The molecule has 1 N–H and O–H groups in total. The van der Waals surface area contributed by atoms with Gasteiger partial charge in [0, 0.05) is 35.7 Å². The third-order valence-electron chi connectivity index (χ3n) is 4.70. The summed E-state index contributed by atoms with van der Waals surface area (Å²) in [4.78, 5) is 12.0. The van der Waals surface area contributed by atoms with Crippen LogP contribution in [0.5, 0.6) is 0 Å². The number of nitrogens with one attached hydrogen (secondary N) is 1. The Balaban J connectivity index is 1.90. The highest BCUT2D eigenvalue weighted by molar-refractivity contribution is 5.96. The molecule has 4 heteroatoms. The van der Waals surface area contributed by atoms with E-state index < -0.39 is 0 Å². The third-order valence-corrected chi connectivity index (χ3v) is 4.70. The minimum atomic E-state index is -0.221. The van der Waals surface area contributed by atoms with Crippen LogP contribution in [0, 0.1) is 0 Å². The van der Waals surface area contributed by atoms with Gasteiger partial charge in [-0.2, -0.15) is 0 Å². The van der Waals surface area contributed by atoms with Crippen LogP contribution in [0.1, 0.15) is 47.4 Å². The summed E-state index contributed by atoms with van der Waals surface area (Å²) in [6.45, 7) is 4.30. The van der Waals surface area contributed by atoms with E-state index in [9.17, 15) is 4.79 Å². The maximum Gasteiger partial charge on any atom is 0.338 e. The largest absolute Gasteiger partial charge is 0.462 e. The van der Waals surface area contributed by atoms with Crippen molar-refractivity contribution < 1.29 is 9.53 Å². The van der Waals surface area contributed by atoms with Crippen LogP contribution >= 0.6 is 0 Å². The molecule has 1 aliphatic heterocycles. The van der Waals surface area contributed by atoms with Crippen molar-refractivity contribution in [3.8, 4) is 0 Å². The summed E-state index contributed by atoms with van der Waals surface area (Å²) >= 11 is 0. The summed E-state index contributed by atoms with van der Waals surface area (Å²) in [5, 5.41) is 4.86. The van der Waals surface area contributed by atoms with Gasteiger partial charge >= 0.3 is 5.97 Å². The van der Waals surface area contributed by atoms with Gasteiger partial charge in [0.25, 0.3) is 0 Å². The second-order valence-electron chi connectivity index (χ2n) is 5.87. The molecule has 0 bridgehead atoms. The number of hydrogen-bond acceptors (Lipinski definition) is 3. The Bertz CT molecular complexity index is 715. The van der Waals surface area contributed by atoms with E-state index in [4.69, 9.17) is 4.74 Å². The summed E-state index contributed by atoms with van der Waals surface area (Å²) < 4.78 is 7.57. The van der Waals surface area contributed by atoms with Gasteiger partial charge in [0.1, 0.15) is 0 Å². The number of esters is 1. The Hall–Kier alpha value is -1.81. The molecule has 0 saturated heterocycles. The molecular weight excluding hydrogens is 264 g/mol. The molecule has 1 aromatic carbocycles. The minimum Gasteiger partial charge on any atom is -0.462 e. The smallest absolute Gasteiger partial charge is 0.338 e. The Kier molecular flexibility index (Phi) is 3.00. The van der Waals surface area contributed by atoms with E-state index in [1.807, 2.05) is 19.1 Å². The molecule has 0 amide bonds. The summed E-state index contributed by atoms with van der Waals surface area (Å²) in [5.41, 5.74) is 4.81. The van der Waals surface area contributed by atoms with Crippen LogP contribution in [-0.2, 0) is 17.7 Å². The number of carbonyl (C=O) groups excluding carboxylic acids is 1. The summed E-state index contributed by atoms with van der Waals surface area (Å²) in [6.07, 6.45) is 3.55. The molecule has 2 heterocycles. The van der Waals surface area contributed by atoms with Gasteiger partial charge < -0.3 is 14.6 Å². The zero-order chi connectivity index (χ0) is 14.4. The molecule has 2 aliphatic rings. The van der Waals surface area contributed by atoms with Gasteiger partial charge in [-0.25, -0.2) is 4.79 Å². The highest BCUT2D eigenvalue weighted by atomic mass is 16.5. The van der Waals surface area contributed by atoms with E-state index in [0.29, 0.717) is 18.2 Å². The van der Waals surface area contributed by atoms with Crippen molar-refractivity contribution >= 4 is 16.9 Å². The highest BCUT2D eigenvalue weighted by Gasteiger charge is 2.30. The van der Waals surface area contributed by atoms with Crippen molar-refractivity contribution in [1.29, 1.82) is 0 Å². The normalized spacial score (nSPS) is 20.3. The number of ether oxygens (including phenoxy) is 1. The van der Waals surface area contributed by atoms with Gasteiger partial charge in [-0.05, 0) is 49.9 Å². The van der Waals surface area contributed by atoms with Gasteiger partial charge in [0.15, 0.2) is 0 Å². The molecule has 1 aliphatic carbocycles. The Morgan fingerprint density at radius 1 is 1.48 bits per heavy atom. The lowest BCUT2D eigenvalue weighted by atomic mass is 9.90. The lowest BCUT2D eigenvalue weighted by Crippen LogP contribution is -2.35. The summed E-state index contributed by atoms with van der Waals surface area (Å²) in [6, 6.07) is 6.49. The van der Waals surface area contributed by atoms with Crippen LogP contribution in [-0.4, -0.2) is 23.7 Å². The van der Waals surface area contributed by atoms with Crippen LogP contribution in [0.15, 0.2) is 18.2 Å². The third kappa shape index (κ3) is 1.89. The monoisotopic (exact) mass is 284 g/mol. The average Bonchev–Trinajstić information content (AvgIpc) is 2.84. The fourth-order valence-electron chi connectivity index (χ4n) is 3.86. The lowest BCUT2D eigenvalue weighted by molar-refractivity contribution is 0.0526. The molecule has 0 radical (unpaired) electrons. The van der Waals surface area contributed by atoms with E-state index >= 15 is 0 Å². The predicted molar refractivity (Wildman–Crippen MR) is 81.6 cm³/mol. The van der Waals surface area contributed by atoms with Gasteiger partial charge in [-0.1, -0.05) is 0 Å². The first-order chi connectivity index (χ1) is 10.3. The number of aromatic nitrogens is 1.